The number of aliphatic hydroxyl groups excluding tert-OH is 1. The molecule has 1 atom stereocenters. The van der Waals surface area contributed by atoms with Gasteiger partial charge in [0.25, 0.3) is 0 Å². The Labute approximate surface area is 107 Å². The van der Waals surface area contributed by atoms with Crippen molar-refractivity contribution in [2.75, 3.05) is 0 Å². The SMILES string of the molecule is CCc1ccc(C(O)c2ccc(F)c(C)c2)cc1. The lowest BCUT2D eigenvalue weighted by atomic mass is 9.98. The van der Waals surface area contributed by atoms with E-state index < -0.39 is 6.10 Å². The maximum absolute atomic E-state index is 13.2. The fourth-order valence-corrected chi connectivity index (χ4v) is 1.97. The fourth-order valence-electron chi connectivity index (χ4n) is 1.97. The summed E-state index contributed by atoms with van der Waals surface area (Å²) in [6.45, 7) is 3.79. The zero-order valence-electron chi connectivity index (χ0n) is 10.7. The van der Waals surface area contributed by atoms with Crippen LogP contribution in [0.15, 0.2) is 42.5 Å². The first kappa shape index (κ1) is 12.8. The van der Waals surface area contributed by atoms with Crippen LogP contribution in [-0.2, 0) is 6.42 Å². The van der Waals surface area contributed by atoms with Crippen LogP contribution < -0.4 is 0 Å². The summed E-state index contributed by atoms with van der Waals surface area (Å²) in [5.41, 5.74) is 3.34. The van der Waals surface area contributed by atoms with Crippen molar-refractivity contribution >= 4 is 0 Å². The van der Waals surface area contributed by atoms with Crippen molar-refractivity contribution in [2.45, 2.75) is 26.4 Å². The van der Waals surface area contributed by atoms with Gasteiger partial charge in [0, 0.05) is 0 Å². The van der Waals surface area contributed by atoms with Gasteiger partial charge in [0.15, 0.2) is 0 Å². The summed E-state index contributed by atoms with van der Waals surface area (Å²) in [6.07, 6.45) is 0.279. The molecule has 0 amide bonds. The Morgan fingerprint density at radius 1 is 1.06 bits per heavy atom. The van der Waals surface area contributed by atoms with E-state index in [9.17, 15) is 9.50 Å². The molecule has 2 aromatic rings. The summed E-state index contributed by atoms with van der Waals surface area (Å²) in [6, 6.07) is 12.6. The van der Waals surface area contributed by atoms with Gasteiger partial charge in [-0.05, 0) is 41.7 Å². The zero-order valence-corrected chi connectivity index (χ0v) is 10.7. The second-order valence-electron chi connectivity index (χ2n) is 4.51. The highest BCUT2D eigenvalue weighted by atomic mass is 19.1. The molecule has 2 aromatic carbocycles. The van der Waals surface area contributed by atoms with E-state index >= 15 is 0 Å². The molecule has 0 radical (unpaired) electrons. The second kappa shape index (κ2) is 5.32. The lowest BCUT2D eigenvalue weighted by Gasteiger charge is -2.13. The molecule has 0 heterocycles. The van der Waals surface area contributed by atoms with Crippen molar-refractivity contribution in [3.63, 3.8) is 0 Å². The van der Waals surface area contributed by atoms with Crippen molar-refractivity contribution in [1.29, 1.82) is 0 Å². The van der Waals surface area contributed by atoms with Gasteiger partial charge in [0.1, 0.15) is 11.9 Å². The molecule has 1 N–H and O–H groups in total. The molecule has 0 fully saturated rings. The Bertz CT molecular complexity index is 531. The number of benzene rings is 2. The highest BCUT2D eigenvalue weighted by Crippen LogP contribution is 2.23. The van der Waals surface area contributed by atoms with Crippen LogP contribution >= 0.6 is 0 Å². The first-order chi connectivity index (χ1) is 8.61. The number of aryl methyl sites for hydroxylation is 2. The molecule has 0 bridgehead atoms. The lowest BCUT2D eigenvalue weighted by Crippen LogP contribution is -2.01. The Morgan fingerprint density at radius 2 is 1.67 bits per heavy atom. The summed E-state index contributed by atoms with van der Waals surface area (Å²) < 4.78 is 13.2. The molecule has 0 saturated heterocycles. The monoisotopic (exact) mass is 244 g/mol. The largest absolute Gasteiger partial charge is 0.384 e. The van der Waals surface area contributed by atoms with Gasteiger partial charge in [-0.25, -0.2) is 4.39 Å². The van der Waals surface area contributed by atoms with Crippen LogP contribution in [0.25, 0.3) is 0 Å². The van der Waals surface area contributed by atoms with Crippen molar-refractivity contribution in [3.8, 4) is 0 Å². The first-order valence-corrected chi connectivity index (χ1v) is 6.14. The van der Waals surface area contributed by atoms with Gasteiger partial charge in [-0.1, -0.05) is 43.3 Å². The van der Waals surface area contributed by atoms with Gasteiger partial charge in [0.2, 0.25) is 0 Å². The predicted molar refractivity (Wildman–Crippen MR) is 71.0 cm³/mol. The minimum absolute atomic E-state index is 0.243. The minimum Gasteiger partial charge on any atom is -0.384 e. The summed E-state index contributed by atoms with van der Waals surface area (Å²) >= 11 is 0. The third kappa shape index (κ3) is 2.59. The number of halogens is 1. The van der Waals surface area contributed by atoms with E-state index in [0.29, 0.717) is 5.56 Å². The third-order valence-corrected chi connectivity index (χ3v) is 3.20. The van der Waals surface area contributed by atoms with Crippen LogP contribution in [0, 0.1) is 12.7 Å². The Balaban J connectivity index is 2.28. The Kier molecular flexibility index (Phi) is 3.78. The number of hydrogen-bond acceptors (Lipinski definition) is 1. The molecule has 94 valence electrons. The zero-order chi connectivity index (χ0) is 13.1. The van der Waals surface area contributed by atoms with Gasteiger partial charge >= 0.3 is 0 Å². The number of rotatable bonds is 3. The average molecular weight is 244 g/mol. The van der Waals surface area contributed by atoms with Gasteiger partial charge in [0.05, 0.1) is 0 Å². The summed E-state index contributed by atoms with van der Waals surface area (Å²) in [4.78, 5) is 0. The number of hydrogen-bond donors (Lipinski definition) is 1. The molecule has 2 rings (SSSR count). The lowest BCUT2D eigenvalue weighted by molar-refractivity contribution is 0.220. The summed E-state index contributed by atoms with van der Waals surface area (Å²) in [5, 5.41) is 10.2. The van der Waals surface area contributed by atoms with Crippen LogP contribution in [0.3, 0.4) is 0 Å². The van der Waals surface area contributed by atoms with Gasteiger partial charge in [-0.2, -0.15) is 0 Å². The smallest absolute Gasteiger partial charge is 0.126 e. The predicted octanol–water partition coefficient (Wildman–Crippen LogP) is 3.78. The van der Waals surface area contributed by atoms with Crippen LogP contribution in [0.2, 0.25) is 0 Å². The Morgan fingerprint density at radius 3 is 2.22 bits per heavy atom. The topological polar surface area (TPSA) is 20.2 Å². The van der Waals surface area contributed by atoms with Crippen molar-refractivity contribution in [2.24, 2.45) is 0 Å². The van der Waals surface area contributed by atoms with Crippen molar-refractivity contribution in [3.05, 3.63) is 70.5 Å². The maximum Gasteiger partial charge on any atom is 0.126 e. The summed E-state index contributed by atoms with van der Waals surface area (Å²) in [5.74, 6) is -0.243. The van der Waals surface area contributed by atoms with E-state index in [2.05, 4.69) is 6.92 Å². The number of aliphatic hydroxyl groups is 1. The third-order valence-electron chi connectivity index (χ3n) is 3.20. The van der Waals surface area contributed by atoms with E-state index in [4.69, 9.17) is 0 Å². The molecular weight excluding hydrogens is 227 g/mol. The summed E-state index contributed by atoms with van der Waals surface area (Å²) in [7, 11) is 0. The molecule has 1 nitrogen and oxygen atoms in total. The quantitative estimate of drug-likeness (QED) is 0.871. The molecule has 0 aliphatic rings. The molecule has 2 heteroatoms. The van der Waals surface area contributed by atoms with Crippen LogP contribution in [0.4, 0.5) is 4.39 Å². The minimum atomic E-state index is -0.699. The van der Waals surface area contributed by atoms with E-state index in [1.807, 2.05) is 24.3 Å². The molecule has 0 spiro atoms. The standard InChI is InChI=1S/C16H17FO/c1-3-12-4-6-13(7-5-12)16(18)14-8-9-15(17)11(2)10-14/h4-10,16,18H,3H2,1-2H3. The second-order valence-corrected chi connectivity index (χ2v) is 4.51. The van der Waals surface area contributed by atoms with Gasteiger partial charge in [-0.3, -0.25) is 0 Å². The normalized spacial score (nSPS) is 12.4. The van der Waals surface area contributed by atoms with E-state index in [-0.39, 0.29) is 5.82 Å². The average Bonchev–Trinajstić information content (AvgIpc) is 2.41. The molecule has 18 heavy (non-hydrogen) atoms. The van der Waals surface area contributed by atoms with Crippen LogP contribution in [-0.4, -0.2) is 5.11 Å². The van der Waals surface area contributed by atoms with E-state index in [1.54, 1.807) is 19.1 Å². The van der Waals surface area contributed by atoms with Crippen LogP contribution in [0.1, 0.15) is 35.3 Å². The van der Waals surface area contributed by atoms with Gasteiger partial charge < -0.3 is 5.11 Å². The highest BCUT2D eigenvalue weighted by Gasteiger charge is 2.11. The molecule has 0 aliphatic heterocycles. The van der Waals surface area contributed by atoms with Crippen LogP contribution in [0.5, 0.6) is 0 Å². The van der Waals surface area contributed by atoms with E-state index in [1.165, 1.54) is 11.6 Å². The highest BCUT2D eigenvalue weighted by molar-refractivity contribution is 5.34. The molecular formula is C16H17FO. The maximum atomic E-state index is 13.2. The van der Waals surface area contributed by atoms with Crippen molar-refractivity contribution in [1.82, 2.24) is 0 Å². The van der Waals surface area contributed by atoms with Gasteiger partial charge in [-0.15, -0.1) is 0 Å². The fraction of sp³-hybridized carbons (Fsp3) is 0.250. The molecule has 0 aliphatic carbocycles. The molecule has 0 saturated carbocycles. The van der Waals surface area contributed by atoms with E-state index in [0.717, 1.165) is 17.5 Å². The molecule has 0 aromatic heterocycles. The first-order valence-electron chi connectivity index (χ1n) is 6.14. The Hall–Kier alpha value is -1.67. The molecule has 1 unspecified atom stereocenters. The van der Waals surface area contributed by atoms with Crippen molar-refractivity contribution < 1.29 is 9.50 Å².